The molecule has 2 N–H and O–H groups in total. The van der Waals surface area contributed by atoms with Gasteiger partial charge in [-0.2, -0.15) is 0 Å². The molecule has 0 heterocycles. The van der Waals surface area contributed by atoms with Crippen molar-refractivity contribution in [2.75, 3.05) is 16.6 Å². The summed E-state index contributed by atoms with van der Waals surface area (Å²) in [7, 11) is -3.88. The number of sulfonamides is 1. The van der Waals surface area contributed by atoms with E-state index < -0.39 is 15.8 Å². The van der Waals surface area contributed by atoms with Crippen molar-refractivity contribution in [3.8, 4) is 5.75 Å². The largest absolute Gasteiger partial charge is 0.494 e. The first kappa shape index (κ1) is 22.3. The minimum atomic E-state index is -3.88. The topological polar surface area (TPSA) is 84.5 Å². The molecule has 3 aromatic carbocycles. The summed E-state index contributed by atoms with van der Waals surface area (Å²) in [6, 6.07) is 18.5. The van der Waals surface area contributed by atoms with E-state index in [1.165, 1.54) is 42.5 Å². The van der Waals surface area contributed by atoms with Gasteiger partial charge in [0.05, 0.1) is 17.2 Å². The molecule has 6 nitrogen and oxygen atoms in total. The number of anilines is 2. The normalized spacial score (nSPS) is 11.0. The standard InChI is InChI=1S/C23H23FN2O4S/c1-2-30-22-9-4-3-6-17(22)10-15-23(27)25-19-11-13-21(14-12-19)31(28,29)26-20-8-5-7-18(24)16-20/h3-9,11-14,16,26H,2,10,15H2,1H3,(H,25,27). The molecule has 0 atom stereocenters. The van der Waals surface area contributed by atoms with Gasteiger partial charge in [0.1, 0.15) is 11.6 Å². The molecular formula is C23H23FN2O4S. The van der Waals surface area contributed by atoms with Crippen molar-refractivity contribution in [2.45, 2.75) is 24.7 Å². The van der Waals surface area contributed by atoms with E-state index in [1.54, 1.807) is 0 Å². The van der Waals surface area contributed by atoms with Crippen molar-refractivity contribution in [2.24, 2.45) is 0 Å². The van der Waals surface area contributed by atoms with Crippen molar-refractivity contribution in [1.82, 2.24) is 0 Å². The van der Waals surface area contributed by atoms with E-state index >= 15 is 0 Å². The highest BCUT2D eigenvalue weighted by Gasteiger charge is 2.15. The fourth-order valence-electron chi connectivity index (χ4n) is 2.96. The summed E-state index contributed by atoms with van der Waals surface area (Å²) in [4.78, 5) is 12.3. The second-order valence-corrected chi connectivity index (χ2v) is 8.41. The molecule has 0 saturated heterocycles. The Morgan fingerprint density at radius 2 is 1.71 bits per heavy atom. The summed E-state index contributed by atoms with van der Waals surface area (Å²) in [6.07, 6.45) is 0.775. The van der Waals surface area contributed by atoms with E-state index in [9.17, 15) is 17.6 Å². The van der Waals surface area contributed by atoms with Crippen molar-refractivity contribution in [3.05, 3.63) is 84.2 Å². The smallest absolute Gasteiger partial charge is 0.261 e. The molecule has 31 heavy (non-hydrogen) atoms. The summed E-state index contributed by atoms with van der Waals surface area (Å²) < 4.78 is 46.1. The fraction of sp³-hybridized carbons (Fsp3) is 0.174. The van der Waals surface area contributed by atoms with E-state index in [0.29, 0.717) is 18.7 Å². The Bertz CT molecular complexity index is 1150. The van der Waals surface area contributed by atoms with Gasteiger partial charge in [-0.05, 0) is 67.4 Å². The Morgan fingerprint density at radius 1 is 0.968 bits per heavy atom. The van der Waals surface area contributed by atoms with Gasteiger partial charge in [-0.1, -0.05) is 24.3 Å². The van der Waals surface area contributed by atoms with Gasteiger partial charge < -0.3 is 10.1 Å². The number of para-hydroxylation sites is 1. The average Bonchev–Trinajstić information content (AvgIpc) is 2.73. The molecule has 8 heteroatoms. The quantitative estimate of drug-likeness (QED) is 0.507. The van der Waals surface area contributed by atoms with Gasteiger partial charge in [-0.25, -0.2) is 12.8 Å². The van der Waals surface area contributed by atoms with Gasteiger partial charge in [0, 0.05) is 12.1 Å². The Kier molecular flexibility index (Phi) is 7.25. The maximum absolute atomic E-state index is 13.3. The van der Waals surface area contributed by atoms with E-state index in [2.05, 4.69) is 10.0 Å². The zero-order valence-electron chi connectivity index (χ0n) is 17.0. The average molecular weight is 443 g/mol. The van der Waals surface area contributed by atoms with Gasteiger partial charge in [0.2, 0.25) is 5.91 Å². The SMILES string of the molecule is CCOc1ccccc1CCC(=O)Nc1ccc(S(=O)(=O)Nc2cccc(F)c2)cc1. The van der Waals surface area contributed by atoms with Crippen molar-refractivity contribution in [3.63, 3.8) is 0 Å². The van der Waals surface area contributed by atoms with Crippen LogP contribution in [0.4, 0.5) is 15.8 Å². The number of amides is 1. The number of aryl methyl sites for hydroxylation is 1. The Labute approximate surface area is 181 Å². The molecule has 0 fully saturated rings. The lowest BCUT2D eigenvalue weighted by Crippen LogP contribution is -2.14. The Morgan fingerprint density at radius 3 is 2.42 bits per heavy atom. The monoisotopic (exact) mass is 442 g/mol. The number of hydrogen-bond donors (Lipinski definition) is 2. The van der Waals surface area contributed by atoms with Gasteiger partial charge in [-0.15, -0.1) is 0 Å². The molecule has 162 valence electrons. The minimum absolute atomic E-state index is 0.000372. The molecular weight excluding hydrogens is 419 g/mol. The summed E-state index contributed by atoms with van der Waals surface area (Å²) >= 11 is 0. The van der Waals surface area contributed by atoms with E-state index in [1.807, 2.05) is 31.2 Å². The second-order valence-electron chi connectivity index (χ2n) is 6.73. The van der Waals surface area contributed by atoms with Crippen LogP contribution in [0, 0.1) is 5.82 Å². The maximum atomic E-state index is 13.3. The number of hydrogen-bond acceptors (Lipinski definition) is 4. The summed E-state index contributed by atoms with van der Waals surface area (Å²) in [5.74, 6) is 0.0279. The summed E-state index contributed by atoms with van der Waals surface area (Å²) in [5.41, 5.74) is 1.56. The zero-order chi connectivity index (χ0) is 22.3. The lowest BCUT2D eigenvalue weighted by atomic mass is 10.1. The molecule has 3 aromatic rings. The first-order valence-corrected chi connectivity index (χ1v) is 11.2. The van der Waals surface area contributed by atoms with Crippen LogP contribution < -0.4 is 14.8 Å². The number of carbonyl (C=O) groups is 1. The van der Waals surface area contributed by atoms with Crippen LogP contribution in [0.5, 0.6) is 5.75 Å². The predicted octanol–water partition coefficient (Wildman–Crippen LogP) is 4.60. The number of rotatable bonds is 9. The minimum Gasteiger partial charge on any atom is -0.494 e. The maximum Gasteiger partial charge on any atom is 0.261 e. The number of carbonyl (C=O) groups excluding carboxylic acids is 1. The van der Waals surface area contributed by atoms with E-state index in [-0.39, 0.29) is 22.9 Å². The van der Waals surface area contributed by atoms with Crippen LogP contribution in [-0.2, 0) is 21.2 Å². The lowest BCUT2D eigenvalue weighted by Gasteiger charge is -2.11. The third kappa shape index (κ3) is 6.29. The molecule has 0 saturated carbocycles. The molecule has 0 spiro atoms. The van der Waals surface area contributed by atoms with Gasteiger partial charge in [-0.3, -0.25) is 9.52 Å². The lowest BCUT2D eigenvalue weighted by molar-refractivity contribution is -0.116. The molecule has 0 unspecified atom stereocenters. The number of ether oxygens (including phenoxy) is 1. The van der Waals surface area contributed by atoms with Crippen LogP contribution in [0.15, 0.2) is 77.7 Å². The van der Waals surface area contributed by atoms with Gasteiger partial charge in [0.15, 0.2) is 0 Å². The molecule has 3 rings (SSSR count). The van der Waals surface area contributed by atoms with Crippen LogP contribution in [0.25, 0.3) is 0 Å². The third-order valence-corrected chi connectivity index (χ3v) is 5.82. The van der Waals surface area contributed by atoms with Crippen LogP contribution >= 0.6 is 0 Å². The highest BCUT2D eigenvalue weighted by atomic mass is 32.2. The first-order chi connectivity index (χ1) is 14.9. The molecule has 0 bridgehead atoms. The molecule has 0 aliphatic carbocycles. The Balaban J connectivity index is 1.59. The van der Waals surface area contributed by atoms with Crippen LogP contribution in [0.3, 0.4) is 0 Å². The Hall–Kier alpha value is -3.39. The molecule has 0 aliphatic rings. The highest BCUT2D eigenvalue weighted by Crippen LogP contribution is 2.21. The highest BCUT2D eigenvalue weighted by molar-refractivity contribution is 7.92. The van der Waals surface area contributed by atoms with Crippen LogP contribution in [0.2, 0.25) is 0 Å². The predicted molar refractivity (Wildman–Crippen MR) is 118 cm³/mol. The van der Waals surface area contributed by atoms with Crippen molar-refractivity contribution in [1.29, 1.82) is 0 Å². The van der Waals surface area contributed by atoms with Gasteiger partial charge >= 0.3 is 0 Å². The first-order valence-electron chi connectivity index (χ1n) is 9.76. The second kappa shape index (κ2) is 10.1. The fourth-order valence-corrected chi connectivity index (χ4v) is 4.01. The summed E-state index contributed by atoms with van der Waals surface area (Å²) in [6.45, 7) is 2.45. The third-order valence-electron chi connectivity index (χ3n) is 4.42. The summed E-state index contributed by atoms with van der Waals surface area (Å²) in [5, 5.41) is 2.75. The van der Waals surface area contributed by atoms with Crippen molar-refractivity contribution >= 4 is 27.3 Å². The molecule has 0 radical (unpaired) electrons. The molecule has 1 amide bonds. The number of benzene rings is 3. The van der Waals surface area contributed by atoms with Crippen molar-refractivity contribution < 1.29 is 22.3 Å². The number of halogens is 1. The molecule has 0 aromatic heterocycles. The van der Waals surface area contributed by atoms with Crippen LogP contribution in [0.1, 0.15) is 18.9 Å². The van der Waals surface area contributed by atoms with E-state index in [4.69, 9.17) is 4.74 Å². The van der Waals surface area contributed by atoms with Gasteiger partial charge in [0.25, 0.3) is 10.0 Å². The van der Waals surface area contributed by atoms with Crippen LogP contribution in [-0.4, -0.2) is 20.9 Å². The zero-order valence-corrected chi connectivity index (χ0v) is 17.8. The number of nitrogens with one attached hydrogen (secondary N) is 2. The van der Waals surface area contributed by atoms with E-state index in [0.717, 1.165) is 17.4 Å². The molecule has 0 aliphatic heterocycles.